The summed E-state index contributed by atoms with van der Waals surface area (Å²) >= 11 is 0. The van der Waals surface area contributed by atoms with E-state index in [4.69, 9.17) is 4.74 Å². The summed E-state index contributed by atoms with van der Waals surface area (Å²) in [4.78, 5) is 28.3. The molecule has 1 atom stereocenters. The lowest BCUT2D eigenvalue weighted by atomic mass is 9.81. The van der Waals surface area contributed by atoms with Crippen molar-refractivity contribution in [3.05, 3.63) is 118 Å². The van der Waals surface area contributed by atoms with E-state index in [9.17, 15) is 14.0 Å². The Kier molecular flexibility index (Phi) is 7.39. The van der Waals surface area contributed by atoms with Crippen LogP contribution in [0.4, 0.5) is 4.39 Å². The molecule has 1 heterocycles. The average molecular weight is 486 g/mol. The first-order chi connectivity index (χ1) is 17.1. The summed E-state index contributed by atoms with van der Waals surface area (Å²) in [6.45, 7) is 8.54. The first-order valence-corrected chi connectivity index (χ1v) is 12.2. The van der Waals surface area contributed by atoms with Gasteiger partial charge in [0.05, 0.1) is 12.1 Å². The van der Waals surface area contributed by atoms with E-state index in [-0.39, 0.29) is 36.7 Å². The van der Waals surface area contributed by atoms with Crippen LogP contribution in [0.3, 0.4) is 0 Å². The molecule has 0 radical (unpaired) electrons. The minimum absolute atomic E-state index is 0.00806. The molecule has 0 saturated heterocycles. The fourth-order valence-corrected chi connectivity index (χ4v) is 4.59. The summed E-state index contributed by atoms with van der Waals surface area (Å²) in [6, 6.07) is 23.8. The van der Waals surface area contributed by atoms with Crippen LogP contribution in [-0.2, 0) is 32.9 Å². The maximum Gasteiger partial charge on any atom is 0.336 e. The van der Waals surface area contributed by atoms with E-state index in [1.165, 1.54) is 17.7 Å². The fourth-order valence-electron chi connectivity index (χ4n) is 4.59. The number of allylic oxidation sites excluding steroid dienone is 1. The van der Waals surface area contributed by atoms with E-state index in [0.29, 0.717) is 16.8 Å². The zero-order valence-electron chi connectivity index (χ0n) is 21.3. The summed E-state index contributed by atoms with van der Waals surface area (Å²) in [5.74, 6) is -1.34. The first kappa shape index (κ1) is 25.4. The maximum atomic E-state index is 13.8. The van der Waals surface area contributed by atoms with Gasteiger partial charge in [-0.2, -0.15) is 0 Å². The number of hydrogen-bond acceptors (Lipinski definition) is 3. The largest absolute Gasteiger partial charge is 0.457 e. The molecule has 186 valence electrons. The molecule has 0 saturated carbocycles. The molecule has 0 bridgehead atoms. The summed E-state index contributed by atoms with van der Waals surface area (Å²) in [6.07, 6.45) is 0.136. The number of carbonyl (C=O) groups excluding carboxylic acids is 2. The predicted octanol–water partition coefficient (Wildman–Crippen LogP) is 6.66. The van der Waals surface area contributed by atoms with Gasteiger partial charge in [-0.05, 0) is 46.7 Å². The molecule has 0 aliphatic carbocycles. The third-order valence-corrected chi connectivity index (χ3v) is 6.66. The molecule has 1 unspecified atom stereocenters. The number of ether oxygens (including phenoxy) is 1. The van der Waals surface area contributed by atoms with Gasteiger partial charge in [-0.15, -0.1) is 0 Å². The van der Waals surface area contributed by atoms with E-state index in [2.05, 4.69) is 32.9 Å². The van der Waals surface area contributed by atoms with E-state index in [1.54, 1.807) is 24.0 Å². The Bertz CT molecular complexity index is 1270. The second kappa shape index (κ2) is 10.5. The quantitative estimate of drug-likeness (QED) is 0.367. The molecule has 1 amide bonds. The zero-order chi connectivity index (χ0) is 25.9. The SMILES string of the molecule is CC1=C(C(=O)OCc2ccccc2)C(c2ccc(C(C)(C)C)cc2)CC(=O)N1Cc1cccc(F)c1. The van der Waals surface area contributed by atoms with Crippen molar-refractivity contribution >= 4 is 11.9 Å². The van der Waals surface area contributed by atoms with Gasteiger partial charge in [0.1, 0.15) is 12.4 Å². The Morgan fingerprint density at radius 2 is 1.64 bits per heavy atom. The van der Waals surface area contributed by atoms with E-state index >= 15 is 0 Å². The third-order valence-electron chi connectivity index (χ3n) is 6.66. The molecule has 0 N–H and O–H groups in total. The van der Waals surface area contributed by atoms with Gasteiger partial charge < -0.3 is 9.64 Å². The van der Waals surface area contributed by atoms with Crippen molar-refractivity contribution in [1.82, 2.24) is 4.90 Å². The molecule has 0 spiro atoms. The van der Waals surface area contributed by atoms with Crippen molar-refractivity contribution in [2.75, 3.05) is 0 Å². The number of benzene rings is 3. The van der Waals surface area contributed by atoms with Crippen molar-refractivity contribution < 1.29 is 18.7 Å². The van der Waals surface area contributed by atoms with Crippen LogP contribution in [0.2, 0.25) is 0 Å². The number of carbonyl (C=O) groups is 2. The monoisotopic (exact) mass is 485 g/mol. The van der Waals surface area contributed by atoms with E-state index in [1.807, 2.05) is 42.5 Å². The standard InChI is InChI=1S/C31H32FNO3/c1-21-29(30(35)36-20-22-9-6-5-7-10-22)27(24-13-15-25(16-14-24)31(2,3)4)18-28(34)33(21)19-23-11-8-12-26(32)17-23/h5-17,27H,18-20H2,1-4H3. The van der Waals surface area contributed by atoms with Crippen molar-refractivity contribution in [2.24, 2.45) is 0 Å². The minimum Gasteiger partial charge on any atom is -0.457 e. The highest BCUT2D eigenvalue weighted by atomic mass is 19.1. The Morgan fingerprint density at radius 3 is 2.28 bits per heavy atom. The van der Waals surface area contributed by atoms with Crippen LogP contribution in [0.1, 0.15) is 62.3 Å². The van der Waals surface area contributed by atoms with Gasteiger partial charge in [0.15, 0.2) is 0 Å². The van der Waals surface area contributed by atoms with Gasteiger partial charge in [0.25, 0.3) is 0 Å². The van der Waals surface area contributed by atoms with Crippen molar-refractivity contribution in [1.29, 1.82) is 0 Å². The number of halogens is 1. The van der Waals surface area contributed by atoms with Crippen LogP contribution < -0.4 is 0 Å². The van der Waals surface area contributed by atoms with Crippen molar-refractivity contribution in [2.45, 2.75) is 58.6 Å². The third kappa shape index (κ3) is 5.73. The molecule has 4 rings (SSSR count). The average Bonchev–Trinajstić information content (AvgIpc) is 2.85. The Hall–Kier alpha value is -3.73. The first-order valence-electron chi connectivity index (χ1n) is 12.2. The van der Waals surface area contributed by atoms with Crippen LogP contribution in [0.25, 0.3) is 0 Å². The molecule has 3 aromatic carbocycles. The second-order valence-electron chi connectivity index (χ2n) is 10.3. The normalized spacial score (nSPS) is 16.3. The molecular weight excluding hydrogens is 453 g/mol. The maximum absolute atomic E-state index is 13.8. The number of nitrogens with zero attached hydrogens (tertiary/aromatic N) is 1. The van der Waals surface area contributed by atoms with E-state index < -0.39 is 11.9 Å². The van der Waals surface area contributed by atoms with Gasteiger partial charge in [-0.3, -0.25) is 4.79 Å². The Labute approximate surface area is 212 Å². The lowest BCUT2D eigenvalue weighted by molar-refractivity contribution is -0.141. The molecule has 4 nitrogen and oxygen atoms in total. The van der Waals surface area contributed by atoms with Gasteiger partial charge in [-0.1, -0.05) is 87.5 Å². The molecule has 1 aliphatic heterocycles. The highest BCUT2D eigenvalue weighted by molar-refractivity contribution is 5.95. The second-order valence-corrected chi connectivity index (χ2v) is 10.3. The van der Waals surface area contributed by atoms with Crippen LogP contribution in [0.15, 0.2) is 90.1 Å². The molecule has 36 heavy (non-hydrogen) atoms. The van der Waals surface area contributed by atoms with E-state index in [0.717, 1.165) is 11.1 Å². The summed E-state index contributed by atoms with van der Waals surface area (Å²) in [5.41, 5.74) is 4.62. The summed E-state index contributed by atoms with van der Waals surface area (Å²) in [7, 11) is 0. The smallest absolute Gasteiger partial charge is 0.336 e. The minimum atomic E-state index is -0.446. The zero-order valence-corrected chi connectivity index (χ0v) is 21.3. The molecule has 1 aliphatic rings. The van der Waals surface area contributed by atoms with Crippen LogP contribution >= 0.6 is 0 Å². The Morgan fingerprint density at radius 1 is 0.972 bits per heavy atom. The molecule has 3 aromatic rings. The highest BCUT2D eigenvalue weighted by Crippen LogP contribution is 2.38. The molecule has 0 aromatic heterocycles. The highest BCUT2D eigenvalue weighted by Gasteiger charge is 2.37. The molecular formula is C31H32FNO3. The van der Waals surface area contributed by atoms with Crippen LogP contribution in [0.5, 0.6) is 0 Å². The van der Waals surface area contributed by atoms with Gasteiger partial charge in [-0.25, -0.2) is 9.18 Å². The predicted molar refractivity (Wildman–Crippen MR) is 138 cm³/mol. The van der Waals surface area contributed by atoms with Gasteiger partial charge in [0.2, 0.25) is 5.91 Å². The number of esters is 1. The fraction of sp³-hybridized carbons (Fsp3) is 0.290. The van der Waals surface area contributed by atoms with Crippen LogP contribution in [0, 0.1) is 5.82 Å². The Balaban J connectivity index is 1.69. The van der Waals surface area contributed by atoms with Gasteiger partial charge in [0, 0.05) is 18.0 Å². The van der Waals surface area contributed by atoms with Gasteiger partial charge >= 0.3 is 5.97 Å². The summed E-state index contributed by atoms with van der Waals surface area (Å²) in [5, 5.41) is 0. The number of rotatable bonds is 6. The number of amides is 1. The lowest BCUT2D eigenvalue weighted by Gasteiger charge is -2.35. The lowest BCUT2D eigenvalue weighted by Crippen LogP contribution is -2.38. The van der Waals surface area contributed by atoms with Crippen molar-refractivity contribution in [3.8, 4) is 0 Å². The van der Waals surface area contributed by atoms with Crippen molar-refractivity contribution in [3.63, 3.8) is 0 Å². The number of hydrogen-bond donors (Lipinski definition) is 0. The topological polar surface area (TPSA) is 46.6 Å². The van der Waals surface area contributed by atoms with Crippen LogP contribution in [-0.4, -0.2) is 16.8 Å². The summed E-state index contributed by atoms with van der Waals surface area (Å²) < 4.78 is 19.5. The molecule has 5 heteroatoms. The molecule has 0 fully saturated rings.